The molecule has 2 fully saturated rings. The zero-order valence-corrected chi connectivity index (χ0v) is 15.9. The van der Waals surface area contributed by atoms with Crippen molar-refractivity contribution in [2.45, 2.75) is 57.7 Å². The highest BCUT2D eigenvalue weighted by Gasteiger charge is 2.52. The Hall–Kier alpha value is -1.53. The summed E-state index contributed by atoms with van der Waals surface area (Å²) >= 11 is 0. The van der Waals surface area contributed by atoms with Gasteiger partial charge in [-0.25, -0.2) is 0 Å². The van der Waals surface area contributed by atoms with Crippen molar-refractivity contribution in [3.8, 4) is 5.75 Å². The maximum atomic E-state index is 11.6. The summed E-state index contributed by atoms with van der Waals surface area (Å²) in [6.45, 7) is 8.15. The lowest BCUT2D eigenvalue weighted by molar-refractivity contribution is -0.148. The molecular formula is C19H27BO5. The average Bonchev–Trinajstić information content (AvgIpc) is 2.73. The number of ether oxygens (including phenoxy) is 2. The van der Waals surface area contributed by atoms with E-state index in [1.54, 1.807) is 7.11 Å². The van der Waals surface area contributed by atoms with E-state index >= 15 is 0 Å². The lowest BCUT2D eigenvalue weighted by Crippen LogP contribution is -2.41. The molecule has 0 aromatic heterocycles. The Labute approximate surface area is 150 Å². The third-order valence-electron chi connectivity index (χ3n) is 5.90. The van der Waals surface area contributed by atoms with Crippen LogP contribution in [-0.4, -0.2) is 38.5 Å². The van der Waals surface area contributed by atoms with Crippen molar-refractivity contribution in [2.24, 2.45) is 5.92 Å². The van der Waals surface area contributed by atoms with E-state index in [0.717, 1.165) is 24.1 Å². The SMILES string of the molecule is COc1ccc([C@H]2C[C@@H](C(=O)OC)C2)cc1B1OC(C)(C)C(C)(C)O1. The van der Waals surface area contributed by atoms with Crippen molar-refractivity contribution in [3.05, 3.63) is 23.8 Å². The largest absolute Gasteiger partial charge is 0.498 e. The fourth-order valence-corrected chi connectivity index (χ4v) is 3.41. The normalized spacial score (nSPS) is 26.9. The van der Waals surface area contributed by atoms with Crippen molar-refractivity contribution in [3.63, 3.8) is 0 Å². The van der Waals surface area contributed by atoms with Crippen molar-refractivity contribution in [1.82, 2.24) is 0 Å². The predicted octanol–water partition coefficient (Wildman–Crippen LogP) is 2.66. The van der Waals surface area contributed by atoms with E-state index in [1.165, 1.54) is 12.7 Å². The number of esters is 1. The smallest absolute Gasteiger partial charge is 0.497 e. The summed E-state index contributed by atoms with van der Waals surface area (Å²) in [7, 11) is 2.64. The Morgan fingerprint density at radius 3 is 2.24 bits per heavy atom. The minimum atomic E-state index is -0.462. The van der Waals surface area contributed by atoms with Gasteiger partial charge in [0.25, 0.3) is 0 Å². The van der Waals surface area contributed by atoms with Gasteiger partial charge in [0.05, 0.1) is 31.3 Å². The Morgan fingerprint density at radius 2 is 1.72 bits per heavy atom. The Balaban J connectivity index is 1.82. The Morgan fingerprint density at radius 1 is 1.12 bits per heavy atom. The molecule has 0 spiro atoms. The van der Waals surface area contributed by atoms with Gasteiger partial charge in [0.2, 0.25) is 0 Å². The molecule has 0 amide bonds. The summed E-state index contributed by atoms with van der Waals surface area (Å²) < 4.78 is 22.7. The molecule has 0 bridgehead atoms. The van der Waals surface area contributed by atoms with Crippen LogP contribution in [0, 0.1) is 5.92 Å². The molecule has 1 aliphatic heterocycles. The summed E-state index contributed by atoms with van der Waals surface area (Å²) in [6, 6.07) is 6.12. The summed E-state index contributed by atoms with van der Waals surface area (Å²) in [5, 5.41) is 0. The fraction of sp³-hybridized carbons (Fsp3) is 0.632. The number of hydrogen-bond acceptors (Lipinski definition) is 5. The summed E-state index contributed by atoms with van der Waals surface area (Å²) in [5.74, 6) is 1.01. The third kappa shape index (κ3) is 3.18. The van der Waals surface area contributed by atoms with Crippen molar-refractivity contribution in [2.75, 3.05) is 14.2 Å². The molecule has 1 saturated heterocycles. The van der Waals surface area contributed by atoms with Gasteiger partial charge in [0, 0.05) is 5.46 Å². The molecule has 0 unspecified atom stereocenters. The van der Waals surface area contributed by atoms with E-state index < -0.39 is 18.3 Å². The van der Waals surface area contributed by atoms with Crippen LogP contribution in [0.2, 0.25) is 0 Å². The predicted molar refractivity (Wildman–Crippen MR) is 96.2 cm³/mol. The van der Waals surface area contributed by atoms with Gasteiger partial charge in [-0.15, -0.1) is 0 Å². The van der Waals surface area contributed by atoms with Crippen LogP contribution in [0.25, 0.3) is 0 Å². The molecule has 1 aromatic carbocycles. The first-order valence-electron chi connectivity index (χ1n) is 8.80. The number of methoxy groups -OCH3 is 2. The highest BCUT2D eigenvalue weighted by Crippen LogP contribution is 2.43. The fourth-order valence-electron chi connectivity index (χ4n) is 3.41. The minimum Gasteiger partial charge on any atom is -0.497 e. The molecule has 1 saturated carbocycles. The van der Waals surface area contributed by atoms with Gasteiger partial charge >= 0.3 is 13.1 Å². The first-order valence-corrected chi connectivity index (χ1v) is 8.80. The quantitative estimate of drug-likeness (QED) is 0.620. The van der Waals surface area contributed by atoms with Crippen molar-refractivity contribution >= 4 is 18.6 Å². The molecule has 1 aliphatic carbocycles. The van der Waals surface area contributed by atoms with Gasteiger partial charge in [-0.3, -0.25) is 4.79 Å². The first kappa shape index (κ1) is 18.3. The monoisotopic (exact) mass is 346 g/mol. The zero-order chi connectivity index (χ0) is 18.4. The first-order chi connectivity index (χ1) is 11.7. The maximum Gasteiger partial charge on any atom is 0.498 e. The van der Waals surface area contributed by atoms with Gasteiger partial charge in [-0.1, -0.05) is 12.1 Å². The van der Waals surface area contributed by atoms with E-state index in [1.807, 2.05) is 33.8 Å². The van der Waals surface area contributed by atoms with Crippen LogP contribution in [-0.2, 0) is 18.8 Å². The second-order valence-corrected chi connectivity index (χ2v) is 7.98. The average molecular weight is 346 g/mol. The van der Waals surface area contributed by atoms with Crippen LogP contribution in [0.15, 0.2) is 18.2 Å². The molecular weight excluding hydrogens is 319 g/mol. The minimum absolute atomic E-state index is 0.0115. The van der Waals surface area contributed by atoms with Crippen LogP contribution in [0.4, 0.5) is 0 Å². The molecule has 0 radical (unpaired) electrons. The van der Waals surface area contributed by atoms with Crippen LogP contribution in [0.5, 0.6) is 5.75 Å². The molecule has 1 aromatic rings. The Kier molecular flexibility index (Phi) is 4.62. The van der Waals surface area contributed by atoms with Crippen LogP contribution < -0.4 is 10.2 Å². The Bertz CT molecular complexity index is 648. The van der Waals surface area contributed by atoms with Crippen LogP contribution in [0.3, 0.4) is 0 Å². The van der Waals surface area contributed by atoms with Gasteiger partial charge in [-0.05, 0) is 58.1 Å². The van der Waals surface area contributed by atoms with Gasteiger partial charge < -0.3 is 18.8 Å². The van der Waals surface area contributed by atoms with Gasteiger partial charge in [0.15, 0.2) is 0 Å². The third-order valence-corrected chi connectivity index (χ3v) is 5.90. The molecule has 136 valence electrons. The molecule has 3 rings (SSSR count). The van der Waals surface area contributed by atoms with Gasteiger partial charge in [0.1, 0.15) is 5.75 Å². The topological polar surface area (TPSA) is 54.0 Å². The standard InChI is InChI=1S/C19H27BO5/c1-18(2)19(3,4)25-20(24-18)15-11-12(7-8-16(15)22-5)13-9-14(10-13)17(21)23-6/h7-8,11,13-14H,9-10H2,1-6H3/t13-,14+. The van der Waals surface area contributed by atoms with E-state index in [2.05, 4.69) is 12.1 Å². The molecule has 25 heavy (non-hydrogen) atoms. The molecule has 1 heterocycles. The van der Waals surface area contributed by atoms with E-state index in [-0.39, 0.29) is 11.9 Å². The van der Waals surface area contributed by atoms with E-state index in [4.69, 9.17) is 18.8 Å². The number of rotatable bonds is 4. The lowest BCUT2D eigenvalue weighted by Gasteiger charge is -2.34. The molecule has 0 atom stereocenters. The molecule has 6 heteroatoms. The second kappa shape index (κ2) is 6.33. The van der Waals surface area contributed by atoms with Crippen LogP contribution in [0.1, 0.15) is 52.0 Å². The highest BCUT2D eigenvalue weighted by atomic mass is 16.7. The lowest BCUT2D eigenvalue weighted by atomic mass is 9.69. The molecule has 0 N–H and O–H groups in total. The van der Waals surface area contributed by atoms with Crippen molar-refractivity contribution < 1.29 is 23.6 Å². The van der Waals surface area contributed by atoms with E-state index in [0.29, 0.717) is 5.92 Å². The van der Waals surface area contributed by atoms with E-state index in [9.17, 15) is 4.79 Å². The number of hydrogen-bond donors (Lipinski definition) is 0. The second-order valence-electron chi connectivity index (χ2n) is 7.98. The molecule has 5 nitrogen and oxygen atoms in total. The highest BCUT2D eigenvalue weighted by molar-refractivity contribution is 6.63. The van der Waals surface area contributed by atoms with Crippen molar-refractivity contribution in [1.29, 1.82) is 0 Å². The number of carbonyl (C=O) groups excluding carboxylic acids is 1. The molecule has 2 aliphatic rings. The van der Waals surface area contributed by atoms with Gasteiger partial charge in [-0.2, -0.15) is 0 Å². The van der Waals surface area contributed by atoms with Crippen LogP contribution >= 0.6 is 0 Å². The zero-order valence-electron chi connectivity index (χ0n) is 15.9. The summed E-state index contributed by atoms with van der Waals surface area (Å²) in [4.78, 5) is 11.6. The maximum absolute atomic E-state index is 11.6. The summed E-state index contributed by atoms with van der Waals surface area (Å²) in [5.41, 5.74) is 1.29. The number of carbonyl (C=O) groups is 1. The number of benzene rings is 1. The summed E-state index contributed by atoms with van der Waals surface area (Å²) in [6.07, 6.45) is 1.64.